The van der Waals surface area contributed by atoms with Crippen molar-refractivity contribution < 1.29 is 14.3 Å². The lowest BCUT2D eigenvalue weighted by Crippen LogP contribution is -2.36. The maximum atomic E-state index is 12.6. The number of Topliss-reactive ketones (excluding diaryl/α,β-unsaturated/α-hetero) is 1. The van der Waals surface area contributed by atoms with Crippen molar-refractivity contribution in [2.45, 2.75) is 45.8 Å². The first kappa shape index (κ1) is 25.0. The van der Waals surface area contributed by atoms with Crippen LogP contribution in [0.1, 0.15) is 54.2 Å². The van der Waals surface area contributed by atoms with E-state index in [4.69, 9.17) is 10.1 Å². The predicted molar refractivity (Wildman–Crippen MR) is 133 cm³/mol. The molecule has 1 atom stereocenters. The molecule has 0 bridgehead atoms. The number of carbonyl (C=O) groups is 2. The molecule has 0 saturated carbocycles. The maximum absolute atomic E-state index is 12.6. The van der Waals surface area contributed by atoms with E-state index in [-0.39, 0.29) is 17.7 Å². The summed E-state index contributed by atoms with van der Waals surface area (Å²) in [5.74, 6) is 6.26. The first-order chi connectivity index (χ1) is 16.1. The van der Waals surface area contributed by atoms with Gasteiger partial charge in [-0.1, -0.05) is 11.8 Å². The highest BCUT2D eigenvalue weighted by Crippen LogP contribution is 2.15. The predicted octanol–water partition coefficient (Wildman–Crippen LogP) is 3.36. The molecule has 0 spiro atoms. The van der Waals surface area contributed by atoms with Crippen molar-refractivity contribution in [2.24, 2.45) is 0 Å². The van der Waals surface area contributed by atoms with Crippen LogP contribution in [0.4, 0.5) is 10.5 Å². The van der Waals surface area contributed by atoms with E-state index in [0.717, 1.165) is 35.3 Å². The fourth-order valence-corrected chi connectivity index (χ4v) is 3.41. The Morgan fingerprint density at radius 2 is 1.91 bits per heavy atom. The summed E-state index contributed by atoms with van der Waals surface area (Å²) in [5, 5.41) is 13.7. The van der Waals surface area contributed by atoms with Crippen LogP contribution in [0.25, 0.3) is 0 Å². The second-order valence-corrected chi connectivity index (χ2v) is 9.04. The highest BCUT2D eigenvalue weighted by Gasteiger charge is 2.24. The molecule has 34 heavy (non-hydrogen) atoms. The Bertz CT molecular complexity index is 1120. The van der Waals surface area contributed by atoms with Crippen molar-refractivity contribution in [3.63, 3.8) is 0 Å². The van der Waals surface area contributed by atoms with E-state index >= 15 is 0 Å². The number of amides is 1. The third kappa shape index (κ3) is 7.17. The minimum Gasteiger partial charge on any atom is -0.444 e. The van der Waals surface area contributed by atoms with Gasteiger partial charge in [0.25, 0.3) is 0 Å². The van der Waals surface area contributed by atoms with E-state index in [1.54, 1.807) is 32.9 Å². The number of anilines is 1. The minimum absolute atomic E-state index is 0.0298. The average Bonchev–Trinajstić information content (AvgIpc) is 3.30. The van der Waals surface area contributed by atoms with Crippen molar-refractivity contribution in [3.8, 4) is 11.8 Å². The molecule has 1 aliphatic heterocycles. The van der Waals surface area contributed by atoms with Crippen LogP contribution in [-0.4, -0.2) is 42.4 Å². The van der Waals surface area contributed by atoms with E-state index in [0.29, 0.717) is 12.1 Å². The summed E-state index contributed by atoms with van der Waals surface area (Å²) in [7, 11) is 0. The van der Waals surface area contributed by atoms with Gasteiger partial charge in [-0.25, -0.2) is 10.2 Å². The summed E-state index contributed by atoms with van der Waals surface area (Å²) in [4.78, 5) is 24.4. The molecule has 1 aliphatic rings. The molecule has 1 unspecified atom stereocenters. The zero-order valence-electron chi connectivity index (χ0n) is 20.0. The molecule has 5 N–H and O–H groups in total. The van der Waals surface area contributed by atoms with Gasteiger partial charge in [-0.2, -0.15) is 0 Å². The first-order valence-corrected chi connectivity index (χ1v) is 11.2. The van der Waals surface area contributed by atoms with Crippen LogP contribution < -0.4 is 21.5 Å². The van der Waals surface area contributed by atoms with E-state index in [2.05, 4.69) is 33.3 Å². The van der Waals surface area contributed by atoms with E-state index in [1.165, 1.54) is 0 Å². The zero-order valence-corrected chi connectivity index (χ0v) is 20.0. The Hall–Kier alpha value is -3.67. The summed E-state index contributed by atoms with van der Waals surface area (Å²) < 4.78 is 5.16. The maximum Gasteiger partial charge on any atom is 0.413 e. The number of rotatable bonds is 5. The molecule has 1 amide bonds. The minimum atomic E-state index is -0.658. The number of hydrogen-bond donors (Lipinski definition) is 5. The number of nitrogens with one attached hydrogen (secondary N) is 5. The molecule has 2 aromatic rings. The van der Waals surface area contributed by atoms with Crippen LogP contribution in [0, 0.1) is 24.2 Å². The number of hydrazine groups is 1. The Morgan fingerprint density at radius 1 is 1.18 bits per heavy atom. The number of alkyl carbamates (subject to hydrolysis) is 1. The number of ether oxygens (including phenoxy) is 1. The van der Waals surface area contributed by atoms with Gasteiger partial charge in [0.2, 0.25) is 0 Å². The van der Waals surface area contributed by atoms with E-state index in [1.807, 2.05) is 37.3 Å². The standard InChI is InChI=1S/C26H31N5O3/c1-17-16-18(7-12-21(17)23(32)22-13-15-29-31-22)6-5-14-28-20-10-8-19(9-11-20)24(27)30-25(33)34-26(2,3)4/h7-12,16,22,28-29,31H,13-15H2,1-4H3,(H2,27,30,33). The smallest absolute Gasteiger partial charge is 0.413 e. The van der Waals surface area contributed by atoms with Crippen molar-refractivity contribution in [1.82, 2.24) is 16.2 Å². The van der Waals surface area contributed by atoms with Crippen LogP contribution in [0.2, 0.25) is 0 Å². The molecule has 1 saturated heterocycles. The molecule has 0 aliphatic carbocycles. The summed E-state index contributed by atoms with van der Waals surface area (Å²) in [6.45, 7) is 8.46. The average molecular weight is 462 g/mol. The lowest BCUT2D eigenvalue weighted by Gasteiger charge is -2.19. The third-order valence-electron chi connectivity index (χ3n) is 5.06. The lowest BCUT2D eigenvalue weighted by molar-refractivity contribution is 0.0563. The molecule has 8 nitrogen and oxygen atoms in total. The van der Waals surface area contributed by atoms with Gasteiger partial charge in [-0.3, -0.25) is 20.9 Å². The topological polar surface area (TPSA) is 115 Å². The third-order valence-corrected chi connectivity index (χ3v) is 5.06. The van der Waals surface area contributed by atoms with Crippen LogP contribution >= 0.6 is 0 Å². The number of benzene rings is 2. The Kier molecular flexibility index (Phi) is 8.05. The molecule has 3 rings (SSSR count). The lowest BCUT2D eigenvalue weighted by atomic mass is 9.97. The van der Waals surface area contributed by atoms with Crippen molar-refractivity contribution >= 4 is 23.4 Å². The number of carbonyl (C=O) groups excluding carboxylic acids is 2. The zero-order chi connectivity index (χ0) is 24.7. The van der Waals surface area contributed by atoms with Gasteiger partial charge >= 0.3 is 6.09 Å². The molecule has 0 radical (unpaired) electrons. The fraction of sp³-hybridized carbons (Fsp3) is 0.346. The Balaban J connectivity index is 1.51. The SMILES string of the molecule is Cc1cc(C#CCNc2ccc(C(=N)NC(=O)OC(C)(C)C)cc2)ccc1C(=O)C1CCNN1. The van der Waals surface area contributed by atoms with Gasteiger partial charge in [0.1, 0.15) is 11.4 Å². The highest BCUT2D eigenvalue weighted by atomic mass is 16.6. The van der Waals surface area contributed by atoms with Gasteiger partial charge < -0.3 is 10.1 Å². The van der Waals surface area contributed by atoms with Gasteiger partial charge in [0, 0.05) is 28.9 Å². The highest BCUT2D eigenvalue weighted by molar-refractivity contribution is 6.04. The molecular formula is C26H31N5O3. The molecular weight excluding hydrogens is 430 g/mol. The van der Waals surface area contributed by atoms with Crippen LogP contribution in [0.3, 0.4) is 0 Å². The molecule has 1 heterocycles. The van der Waals surface area contributed by atoms with Gasteiger partial charge in [0.05, 0.1) is 12.6 Å². The monoisotopic (exact) mass is 461 g/mol. The first-order valence-electron chi connectivity index (χ1n) is 11.2. The fourth-order valence-electron chi connectivity index (χ4n) is 3.41. The van der Waals surface area contributed by atoms with Crippen molar-refractivity contribution in [2.75, 3.05) is 18.4 Å². The molecule has 1 fully saturated rings. The molecule has 8 heteroatoms. The van der Waals surface area contributed by atoms with Gasteiger partial charge in [-0.15, -0.1) is 0 Å². The molecule has 0 aromatic heterocycles. The van der Waals surface area contributed by atoms with E-state index < -0.39 is 11.7 Å². The number of aryl methyl sites for hydroxylation is 1. The largest absolute Gasteiger partial charge is 0.444 e. The van der Waals surface area contributed by atoms with Crippen LogP contribution in [0.5, 0.6) is 0 Å². The number of ketones is 1. The van der Waals surface area contributed by atoms with Gasteiger partial charge in [0.15, 0.2) is 5.78 Å². The molecule has 2 aromatic carbocycles. The Morgan fingerprint density at radius 3 is 2.53 bits per heavy atom. The van der Waals surface area contributed by atoms with Crippen LogP contribution in [0.15, 0.2) is 42.5 Å². The second kappa shape index (κ2) is 11.0. The van der Waals surface area contributed by atoms with Crippen molar-refractivity contribution in [1.29, 1.82) is 5.41 Å². The van der Waals surface area contributed by atoms with Gasteiger partial charge in [-0.05, 0) is 82.1 Å². The Labute approximate surface area is 200 Å². The summed E-state index contributed by atoms with van der Waals surface area (Å²) in [5.41, 5.74) is 9.27. The normalized spacial score (nSPS) is 15.1. The summed E-state index contributed by atoms with van der Waals surface area (Å²) >= 11 is 0. The second-order valence-electron chi connectivity index (χ2n) is 9.04. The molecule has 178 valence electrons. The summed E-state index contributed by atoms with van der Waals surface area (Å²) in [6, 6.07) is 12.6. The number of amidine groups is 1. The summed E-state index contributed by atoms with van der Waals surface area (Å²) in [6.07, 6.45) is 0.128. The number of hydrogen-bond acceptors (Lipinski definition) is 7. The van der Waals surface area contributed by atoms with Crippen molar-refractivity contribution in [3.05, 3.63) is 64.7 Å². The van der Waals surface area contributed by atoms with Crippen LogP contribution in [-0.2, 0) is 4.74 Å². The van der Waals surface area contributed by atoms with E-state index in [9.17, 15) is 9.59 Å². The quantitative estimate of drug-likeness (QED) is 0.202.